The summed E-state index contributed by atoms with van der Waals surface area (Å²) in [6.45, 7) is 3.74. The normalized spacial score (nSPS) is 12.7. The van der Waals surface area contributed by atoms with Gasteiger partial charge in [0.15, 0.2) is 5.82 Å². The molecule has 0 amide bonds. The Kier molecular flexibility index (Phi) is 3.14. The smallest absolute Gasteiger partial charge is 0.173 e. The van der Waals surface area contributed by atoms with Crippen LogP contribution in [0.3, 0.4) is 0 Å². The Hall–Kier alpha value is -1.82. The molecule has 6 heteroatoms. The van der Waals surface area contributed by atoms with Crippen LogP contribution in [0.15, 0.2) is 18.2 Å². The topological polar surface area (TPSA) is 55.6 Å². The van der Waals surface area contributed by atoms with Crippen molar-refractivity contribution in [3.8, 4) is 5.69 Å². The monoisotopic (exact) mass is 235 g/mol. The summed E-state index contributed by atoms with van der Waals surface area (Å²) in [7, 11) is 1.80. The van der Waals surface area contributed by atoms with Gasteiger partial charge in [0.1, 0.15) is 11.5 Å². The Bertz CT molecular complexity index is 502. The number of nitrogens with one attached hydrogen (secondary N) is 1. The molecule has 0 aliphatic heterocycles. The van der Waals surface area contributed by atoms with Crippen molar-refractivity contribution in [2.24, 2.45) is 0 Å². The average molecular weight is 235 g/mol. The van der Waals surface area contributed by atoms with Crippen LogP contribution in [0.25, 0.3) is 5.69 Å². The summed E-state index contributed by atoms with van der Waals surface area (Å²) in [6.07, 6.45) is 0. The number of rotatable bonds is 3. The summed E-state index contributed by atoms with van der Waals surface area (Å²) < 4.78 is 15.3. The van der Waals surface area contributed by atoms with E-state index in [0.717, 1.165) is 5.56 Å². The van der Waals surface area contributed by atoms with E-state index in [0.29, 0.717) is 11.5 Å². The molecule has 0 radical (unpaired) electrons. The van der Waals surface area contributed by atoms with E-state index in [1.54, 1.807) is 13.1 Å². The molecular formula is C11H14FN5. The van der Waals surface area contributed by atoms with Crippen molar-refractivity contribution >= 4 is 0 Å². The number of hydrogen-bond donors (Lipinski definition) is 1. The summed E-state index contributed by atoms with van der Waals surface area (Å²) in [4.78, 5) is 0. The second-order valence-corrected chi connectivity index (χ2v) is 3.86. The van der Waals surface area contributed by atoms with Crippen molar-refractivity contribution in [1.29, 1.82) is 0 Å². The minimum absolute atomic E-state index is 0.0518. The highest BCUT2D eigenvalue weighted by molar-refractivity contribution is 5.41. The van der Waals surface area contributed by atoms with E-state index in [1.165, 1.54) is 10.7 Å². The van der Waals surface area contributed by atoms with Gasteiger partial charge < -0.3 is 5.32 Å². The van der Waals surface area contributed by atoms with Crippen LogP contribution in [0.5, 0.6) is 0 Å². The first-order valence-electron chi connectivity index (χ1n) is 5.36. The van der Waals surface area contributed by atoms with Crippen molar-refractivity contribution in [2.45, 2.75) is 19.9 Å². The van der Waals surface area contributed by atoms with E-state index in [2.05, 4.69) is 20.8 Å². The molecule has 1 aromatic heterocycles. The predicted molar refractivity (Wildman–Crippen MR) is 61.3 cm³/mol. The zero-order valence-corrected chi connectivity index (χ0v) is 9.98. The molecule has 2 aromatic rings. The quantitative estimate of drug-likeness (QED) is 0.873. The lowest BCUT2D eigenvalue weighted by atomic mass is 10.2. The minimum Gasteiger partial charge on any atom is -0.311 e. The molecule has 0 saturated carbocycles. The summed E-state index contributed by atoms with van der Waals surface area (Å²) in [5.41, 5.74) is 1.19. The maximum absolute atomic E-state index is 13.8. The van der Waals surface area contributed by atoms with Gasteiger partial charge in [0.05, 0.1) is 6.04 Å². The molecule has 0 aliphatic rings. The molecule has 17 heavy (non-hydrogen) atoms. The first kappa shape index (κ1) is 11.7. The van der Waals surface area contributed by atoms with Crippen molar-refractivity contribution in [3.63, 3.8) is 0 Å². The van der Waals surface area contributed by atoms with Gasteiger partial charge in [-0.05, 0) is 43.0 Å². The molecule has 0 fully saturated rings. The lowest BCUT2D eigenvalue weighted by Crippen LogP contribution is -2.18. The fourth-order valence-electron chi connectivity index (χ4n) is 1.64. The molecule has 1 atom stereocenters. The van der Waals surface area contributed by atoms with Gasteiger partial charge in [-0.1, -0.05) is 12.1 Å². The molecule has 0 saturated heterocycles. The van der Waals surface area contributed by atoms with Gasteiger partial charge >= 0.3 is 0 Å². The first-order valence-corrected chi connectivity index (χ1v) is 5.36. The van der Waals surface area contributed by atoms with Gasteiger partial charge in [0.25, 0.3) is 0 Å². The van der Waals surface area contributed by atoms with Gasteiger partial charge in [-0.25, -0.2) is 4.39 Å². The molecule has 90 valence electrons. The molecule has 1 unspecified atom stereocenters. The predicted octanol–water partition coefficient (Wildman–Crippen LogP) is 1.39. The number of para-hydroxylation sites is 1. The highest BCUT2D eigenvalue weighted by Gasteiger charge is 2.17. The Balaban J connectivity index is 2.58. The van der Waals surface area contributed by atoms with Gasteiger partial charge in [0.2, 0.25) is 0 Å². The van der Waals surface area contributed by atoms with Crippen LogP contribution in [-0.2, 0) is 0 Å². The van der Waals surface area contributed by atoms with Crippen LogP contribution < -0.4 is 5.32 Å². The average Bonchev–Trinajstić information content (AvgIpc) is 2.77. The molecule has 5 nitrogen and oxygen atoms in total. The third kappa shape index (κ3) is 2.03. The van der Waals surface area contributed by atoms with Crippen LogP contribution in [-0.4, -0.2) is 27.3 Å². The maximum Gasteiger partial charge on any atom is 0.173 e. The zero-order valence-electron chi connectivity index (χ0n) is 9.98. The van der Waals surface area contributed by atoms with Crippen LogP contribution in [0.2, 0.25) is 0 Å². The van der Waals surface area contributed by atoms with Crippen molar-refractivity contribution in [2.75, 3.05) is 7.05 Å². The highest BCUT2D eigenvalue weighted by Crippen LogP contribution is 2.20. The Labute approximate surface area is 98.6 Å². The van der Waals surface area contributed by atoms with E-state index in [4.69, 9.17) is 0 Å². The van der Waals surface area contributed by atoms with Gasteiger partial charge in [0, 0.05) is 0 Å². The third-order valence-electron chi connectivity index (χ3n) is 2.71. The number of aromatic nitrogens is 4. The van der Waals surface area contributed by atoms with E-state index in [1.807, 2.05) is 19.9 Å². The van der Waals surface area contributed by atoms with Crippen molar-refractivity contribution < 1.29 is 4.39 Å². The summed E-state index contributed by atoms with van der Waals surface area (Å²) in [5, 5.41) is 14.4. The lowest BCUT2D eigenvalue weighted by molar-refractivity contribution is 0.565. The Morgan fingerprint density at radius 1 is 1.41 bits per heavy atom. The van der Waals surface area contributed by atoms with Crippen LogP contribution in [0.4, 0.5) is 4.39 Å². The highest BCUT2D eigenvalue weighted by atomic mass is 19.1. The fraction of sp³-hybridized carbons (Fsp3) is 0.364. The fourth-order valence-corrected chi connectivity index (χ4v) is 1.64. The molecule has 0 spiro atoms. The molecule has 2 rings (SSSR count). The van der Waals surface area contributed by atoms with E-state index in [-0.39, 0.29) is 11.9 Å². The number of tetrazole rings is 1. The molecule has 0 aliphatic carbocycles. The van der Waals surface area contributed by atoms with Gasteiger partial charge in [-0.3, -0.25) is 0 Å². The summed E-state index contributed by atoms with van der Waals surface area (Å²) >= 11 is 0. The second kappa shape index (κ2) is 4.58. The minimum atomic E-state index is -0.332. The third-order valence-corrected chi connectivity index (χ3v) is 2.71. The van der Waals surface area contributed by atoms with Crippen molar-refractivity contribution in [3.05, 3.63) is 35.4 Å². The molecule has 1 aromatic carbocycles. The lowest BCUT2D eigenvalue weighted by Gasteiger charge is -2.12. The largest absolute Gasteiger partial charge is 0.311 e. The molecule has 0 bridgehead atoms. The van der Waals surface area contributed by atoms with E-state index in [9.17, 15) is 4.39 Å². The summed E-state index contributed by atoms with van der Waals surface area (Å²) in [6, 6.07) is 4.84. The molecular weight excluding hydrogens is 221 g/mol. The number of hydrogen-bond acceptors (Lipinski definition) is 4. The number of aryl methyl sites for hydroxylation is 1. The summed E-state index contributed by atoms with van der Waals surface area (Å²) in [5.74, 6) is 0.252. The zero-order chi connectivity index (χ0) is 12.4. The molecule has 1 heterocycles. The van der Waals surface area contributed by atoms with Gasteiger partial charge in [-0.15, -0.1) is 5.10 Å². The number of nitrogens with zero attached hydrogens (tertiary/aromatic N) is 4. The SMILES string of the molecule is CNC(C)c1nnnn1-c1c(C)cccc1F. The van der Waals surface area contributed by atoms with Crippen LogP contribution >= 0.6 is 0 Å². The second-order valence-electron chi connectivity index (χ2n) is 3.86. The maximum atomic E-state index is 13.8. The standard InChI is InChI=1S/C11H14FN5/c1-7-5-4-6-9(12)10(7)17-11(8(2)13-3)14-15-16-17/h4-6,8,13H,1-3H3. The molecule has 1 N–H and O–H groups in total. The van der Waals surface area contributed by atoms with Crippen LogP contribution in [0.1, 0.15) is 24.4 Å². The van der Waals surface area contributed by atoms with Gasteiger partial charge in [-0.2, -0.15) is 4.68 Å². The number of halogens is 1. The number of benzene rings is 1. The van der Waals surface area contributed by atoms with Crippen LogP contribution in [0, 0.1) is 12.7 Å². The Morgan fingerprint density at radius 2 is 2.18 bits per heavy atom. The van der Waals surface area contributed by atoms with Crippen molar-refractivity contribution in [1.82, 2.24) is 25.5 Å². The van der Waals surface area contributed by atoms with E-state index < -0.39 is 0 Å². The van der Waals surface area contributed by atoms with E-state index >= 15 is 0 Å². The Morgan fingerprint density at radius 3 is 2.82 bits per heavy atom. The first-order chi connectivity index (χ1) is 8.15.